The Kier molecular flexibility index (Phi) is 13.5. The summed E-state index contributed by atoms with van der Waals surface area (Å²) in [4.78, 5) is 67.2. The molecule has 2 saturated heterocycles. The molecular weight excluding hydrogens is 721 g/mol. The second-order valence-electron chi connectivity index (χ2n) is 10.5. The lowest BCUT2D eigenvalue weighted by molar-refractivity contribution is -0.385. The third-order valence-corrected chi connectivity index (χ3v) is 8.02. The smallest absolute Gasteiger partial charge is 0.445 e. The van der Waals surface area contributed by atoms with Gasteiger partial charge in [-0.25, -0.2) is 9.59 Å². The van der Waals surface area contributed by atoms with Crippen LogP contribution in [0.15, 0.2) is 53.5 Å². The van der Waals surface area contributed by atoms with Crippen LogP contribution >= 0.6 is 12.6 Å². The van der Waals surface area contributed by atoms with Crippen LogP contribution in [0.3, 0.4) is 0 Å². The number of hydrogen-bond acceptors (Lipinski definition) is 12. The Balaban J connectivity index is 0.000000753. The lowest BCUT2D eigenvalue weighted by Gasteiger charge is -2.36. The van der Waals surface area contributed by atoms with Crippen LogP contribution in [0, 0.1) is 20.2 Å². The maximum absolute atomic E-state index is 13.3. The van der Waals surface area contributed by atoms with Crippen molar-refractivity contribution in [2.75, 3.05) is 32.7 Å². The summed E-state index contributed by atoms with van der Waals surface area (Å²) in [6, 6.07) is 10.5. The number of nitro benzene ring substituents is 2. The van der Waals surface area contributed by atoms with Gasteiger partial charge in [0.1, 0.15) is 19.3 Å². The molecule has 2 aliphatic heterocycles. The molecule has 2 atom stereocenters. The Bertz CT molecular complexity index is 1690. The minimum atomic E-state index is -5.84. The molecule has 272 valence electrons. The Labute approximate surface area is 286 Å². The minimum Gasteiger partial charge on any atom is -0.445 e. The topological polar surface area (TPSA) is 232 Å². The maximum Gasteiger partial charge on any atom is 0.522 e. The molecule has 50 heavy (non-hydrogen) atoms. The van der Waals surface area contributed by atoms with Gasteiger partial charge in [0.15, 0.2) is 0 Å². The van der Waals surface area contributed by atoms with Crippen LogP contribution in [0.4, 0.5) is 34.1 Å². The highest BCUT2D eigenvalue weighted by atomic mass is 32.2. The molecule has 3 amide bonds. The number of amides is 3. The van der Waals surface area contributed by atoms with Crippen molar-refractivity contribution < 1.29 is 59.8 Å². The first-order valence-corrected chi connectivity index (χ1v) is 16.2. The molecule has 0 bridgehead atoms. The summed E-state index contributed by atoms with van der Waals surface area (Å²) < 4.78 is 68.0. The van der Waals surface area contributed by atoms with Gasteiger partial charge in [-0.15, -0.1) is 0 Å². The molecule has 2 fully saturated rings. The molecule has 0 aromatic heterocycles. The predicted octanol–water partition coefficient (Wildman–Crippen LogP) is 3.42. The summed E-state index contributed by atoms with van der Waals surface area (Å²) >= 11 is 4.47. The first kappa shape index (κ1) is 39.4. The number of rotatable bonds is 8. The number of carbonyl (C=O) groups is 3. The van der Waals surface area contributed by atoms with E-state index in [2.05, 4.69) is 17.6 Å². The van der Waals surface area contributed by atoms with Crippen LogP contribution in [-0.2, 0) is 37.6 Å². The Morgan fingerprint density at radius 2 is 1.38 bits per heavy atom. The van der Waals surface area contributed by atoms with Crippen LogP contribution in [0.25, 0.3) is 0 Å². The molecule has 0 unspecified atom stereocenters. The Morgan fingerprint density at radius 3 is 1.82 bits per heavy atom. The normalized spacial score (nSPS) is 17.9. The van der Waals surface area contributed by atoms with Gasteiger partial charge in [0.05, 0.1) is 16.2 Å². The second-order valence-corrected chi connectivity index (χ2v) is 12.7. The first-order valence-electron chi connectivity index (χ1n) is 14.2. The number of likely N-dealkylation sites (tertiary alicyclic amines) is 1. The fraction of sp³-hybridized carbons (Fsp3) is 0.407. The van der Waals surface area contributed by atoms with Gasteiger partial charge in [0.25, 0.3) is 11.4 Å². The number of hydrogen-bond donors (Lipinski definition) is 2. The molecule has 2 aromatic carbocycles. The molecule has 0 saturated carbocycles. The van der Waals surface area contributed by atoms with E-state index in [9.17, 15) is 47.8 Å². The Hall–Kier alpha value is -5.03. The van der Waals surface area contributed by atoms with Crippen molar-refractivity contribution >= 4 is 58.6 Å². The summed E-state index contributed by atoms with van der Waals surface area (Å²) in [5.41, 5.74) is -4.51. The van der Waals surface area contributed by atoms with Crippen molar-refractivity contribution in [3.05, 3.63) is 79.9 Å². The second kappa shape index (κ2) is 17.1. The van der Waals surface area contributed by atoms with Crippen molar-refractivity contribution in [2.24, 2.45) is 4.99 Å². The van der Waals surface area contributed by atoms with Crippen LogP contribution in [0.1, 0.15) is 17.5 Å². The zero-order valence-electron chi connectivity index (χ0n) is 25.6. The van der Waals surface area contributed by atoms with E-state index in [1.54, 1.807) is 9.80 Å². The van der Waals surface area contributed by atoms with E-state index in [4.69, 9.17) is 22.4 Å². The van der Waals surface area contributed by atoms with Gasteiger partial charge >= 0.3 is 27.8 Å². The number of nitrogens with zero attached hydrogens (tertiary/aromatic N) is 6. The summed E-state index contributed by atoms with van der Waals surface area (Å²) in [5, 5.41) is 21.3. The number of carbonyl (C=O) groups excluding carboxylic acids is 3. The minimum absolute atomic E-state index is 0.0635. The van der Waals surface area contributed by atoms with Crippen molar-refractivity contribution in [1.82, 2.24) is 14.7 Å². The molecule has 0 spiro atoms. The Morgan fingerprint density at radius 1 is 0.920 bits per heavy atom. The molecule has 0 aliphatic carbocycles. The van der Waals surface area contributed by atoms with Gasteiger partial charge in [-0.3, -0.25) is 34.5 Å². The monoisotopic (exact) mass is 750 g/mol. The van der Waals surface area contributed by atoms with Crippen LogP contribution in [-0.4, -0.2) is 111 Å². The first-order chi connectivity index (χ1) is 23.4. The van der Waals surface area contributed by atoms with E-state index >= 15 is 0 Å². The number of benzene rings is 2. The number of piperazine rings is 1. The fourth-order valence-corrected chi connectivity index (χ4v) is 4.86. The number of non-ortho nitro benzene ring substituents is 2. The largest absolute Gasteiger partial charge is 0.522 e. The van der Waals surface area contributed by atoms with Crippen LogP contribution in [0.5, 0.6) is 0 Å². The zero-order chi connectivity index (χ0) is 37.2. The average molecular weight is 751 g/mol. The van der Waals surface area contributed by atoms with Gasteiger partial charge in [-0.1, -0.05) is 0 Å². The summed E-state index contributed by atoms with van der Waals surface area (Å²) in [5.74, 6) is -0.224. The van der Waals surface area contributed by atoms with E-state index in [-0.39, 0.29) is 42.3 Å². The molecule has 23 heteroatoms. The summed E-state index contributed by atoms with van der Waals surface area (Å²) in [7, 11) is -5.84. The highest BCUT2D eigenvalue weighted by Crippen LogP contribution is 2.25. The number of aliphatic imine (C=N–C) groups is 1. The lowest BCUT2D eigenvalue weighted by Crippen LogP contribution is -2.54. The van der Waals surface area contributed by atoms with Crippen molar-refractivity contribution in [1.29, 1.82) is 0 Å². The van der Waals surface area contributed by atoms with Crippen molar-refractivity contribution in [3.63, 3.8) is 0 Å². The number of nitro groups is 2. The lowest BCUT2D eigenvalue weighted by atomic mass is 10.1. The molecule has 2 heterocycles. The van der Waals surface area contributed by atoms with Gasteiger partial charge in [-0.2, -0.15) is 39.2 Å². The summed E-state index contributed by atoms with van der Waals surface area (Å²) in [6.07, 6.45) is 0.236. The van der Waals surface area contributed by atoms with Gasteiger partial charge in [-0.05, 0) is 41.8 Å². The highest BCUT2D eigenvalue weighted by Gasteiger charge is 2.44. The molecule has 4 rings (SSSR count). The quantitative estimate of drug-likeness (QED) is 0.0750. The predicted molar refractivity (Wildman–Crippen MR) is 169 cm³/mol. The number of thiol groups is 1. The van der Waals surface area contributed by atoms with Gasteiger partial charge < -0.3 is 19.3 Å². The number of halogens is 3. The van der Waals surface area contributed by atoms with Crippen molar-refractivity contribution in [2.45, 2.75) is 36.4 Å². The van der Waals surface area contributed by atoms with E-state index in [0.717, 1.165) is 0 Å². The summed E-state index contributed by atoms with van der Waals surface area (Å²) in [6.45, 7) is 1.58. The highest BCUT2D eigenvalue weighted by molar-refractivity contribution is 7.86. The van der Waals surface area contributed by atoms with E-state index in [1.807, 2.05) is 0 Å². The maximum atomic E-state index is 13.3. The fourth-order valence-electron chi connectivity index (χ4n) is 4.49. The van der Waals surface area contributed by atoms with Crippen LogP contribution in [0.2, 0.25) is 0 Å². The van der Waals surface area contributed by atoms with Crippen molar-refractivity contribution in [3.8, 4) is 0 Å². The SMILES string of the molecule is O=C(N=CN1CCN(C(=O)[C@@H]2C[C@H](S)CN2C(=O)OCc2ccc([N+](=O)[O-])cc2)CC1)OCc1ccc([N+](=O)[O-])cc1.O=S(=O)(O)C(F)(F)F. The number of alkyl halides is 3. The molecule has 0 radical (unpaired) electrons. The molecule has 1 N–H and O–H groups in total. The molecule has 2 aliphatic rings. The standard InChI is InChI=1S/C26H28N6O9S.CHF3O3S/c33-24(23-13-22(42)14-30(23)26(35)41-16-19-3-7-21(8-4-19)32(38)39)29-11-9-28(10-12-29)17-27-25(34)40-15-18-1-5-20(6-2-18)31(36)37;2-1(3,4)8(5,6)7/h1-8,17,22-23,42H,9-16H2;(H,5,6,7)/t22-,23-;/m0./s1. The third kappa shape index (κ3) is 11.5. The van der Waals surface area contributed by atoms with E-state index < -0.39 is 43.7 Å². The van der Waals surface area contributed by atoms with Gasteiger partial charge in [0.2, 0.25) is 5.91 Å². The van der Waals surface area contributed by atoms with E-state index in [1.165, 1.54) is 59.8 Å². The number of ether oxygens (including phenoxy) is 2. The van der Waals surface area contributed by atoms with Crippen LogP contribution < -0.4 is 0 Å². The van der Waals surface area contributed by atoms with Gasteiger partial charge in [0, 0.05) is 62.2 Å². The molecular formula is C27H29F3N6O12S2. The molecule has 18 nitrogen and oxygen atoms in total. The van der Waals surface area contributed by atoms with E-state index in [0.29, 0.717) is 43.7 Å². The molecule has 2 aromatic rings. The average Bonchev–Trinajstić information content (AvgIpc) is 3.46. The third-order valence-electron chi connectivity index (χ3n) is 7.06. The zero-order valence-corrected chi connectivity index (χ0v) is 27.3.